The van der Waals surface area contributed by atoms with Crippen LogP contribution in [0.3, 0.4) is 0 Å². The van der Waals surface area contributed by atoms with Crippen molar-refractivity contribution in [2.24, 2.45) is 5.73 Å². The summed E-state index contributed by atoms with van der Waals surface area (Å²) >= 11 is 0. The maximum atomic E-state index is 11.3. The van der Waals surface area contributed by atoms with Crippen LogP contribution in [0.15, 0.2) is 24.3 Å². The summed E-state index contributed by atoms with van der Waals surface area (Å²) in [5, 5.41) is 0. The van der Waals surface area contributed by atoms with E-state index in [1.165, 1.54) is 0 Å². The van der Waals surface area contributed by atoms with Gasteiger partial charge < -0.3 is 10.5 Å². The summed E-state index contributed by atoms with van der Waals surface area (Å²) in [4.78, 5) is 11.3. The number of esters is 1. The maximum absolute atomic E-state index is 11.3. The molecule has 1 rings (SSSR count). The normalized spacial score (nSPS) is 27.2. The lowest BCUT2D eigenvalue weighted by Gasteiger charge is -2.23. The molecule has 1 unspecified atom stereocenters. The first kappa shape index (κ1) is 9.00. The molecular formula is C9H13NO2. The molecule has 0 saturated carbocycles. The van der Waals surface area contributed by atoms with Crippen molar-refractivity contribution in [2.75, 3.05) is 6.61 Å². The third-order valence-electron chi connectivity index (χ3n) is 1.75. The minimum atomic E-state index is -0.940. The van der Waals surface area contributed by atoms with Crippen LogP contribution < -0.4 is 5.73 Å². The maximum Gasteiger partial charge on any atom is 0.330 e. The Balaban J connectivity index is 2.65. The highest BCUT2D eigenvalue weighted by Gasteiger charge is 2.32. The zero-order valence-electron chi connectivity index (χ0n) is 7.12. The van der Waals surface area contributed by atoms with E-state index in [2.05, 4.69) is 0 Å². The second kappa shape index (κ2) is 3.54. The van der Waals surface area contributed by atoms with Crippen LogP contribution in [-0.4, -0.2) is 18.1 Å². The van der Waals surface area contributed by atoms with Crippen LogP contribution in [0.5, 0.6) is 0 Å². The molecule has 12 heavy (non-hydrogen) atoms. The lowest BCUT2D eigenvalue weighted by molar-refractivity contribution is -0.147. The fourth-order valence-corrected chi connectivity index (χ4v) is 1.05. The van der Waals surface area contributed by atoms with E-state index in [-0.39, 0.29) is 5.97 Å². The van der Waals surface area contributed by atoms with Gasteiger partial charge in [-0.3, -0.25) is 0 Å². The SMILES string of the molecule is CCOC(=O)C1(N)C=CC=CC1. The molecule has 3 nitrogen and oxygen atoms in total. The molecule has 66 valence electrons. The first-order chi connectivity index (χ1) is 5.69. The summed E-state index contributed by atoms with van der Waals surface area (Å²) in [5.41, 5.74) is 4.84. The Kier molecular flexibility index (Phi) is 2.65. The molecule has 0 aromatic heterocycles. The number of allylic oxidation sites excluding steroid dienone is 2. The number of nitrogens with two attached hydrogens (primary N) is 1. The van der Waals surface area contributed by atoms with Gasteiger partial charge in [0, 0.05) is 0 Å². The highest BCUT2D eigenvalue weighted by Crippen LogP contribution is 2.15. The summed E-state index contributed by atoms with van der Waals surface area (Å²) in [7, 11) is 0. The van der Waals surface area contributed by atoms with Gasteiger partial charge in [-0.15, -0.1) is 0 Å². The monoisotopic (exact) mass is 167 g/mol. The van der Waals surface area contributed by atoms with E-state index in [0.29, 0.717) is 13.0 Å². The van der Waals surface area contributed by atoms with Gasteiger partial charge in [-0.1, -0.05) is 24.3 Å². The molecule has 0 bridgehead atoms. The van der Waals surface area contributed by atoms with Crippen molar-refractivity contribution < 1.29 is 9.53 Å². The van der Waals surface area contributed by atoms with E-state index in [1.54, 1.807) is 19.1 Å². The molecule has 0 saturated heterocycles. The second-order valence-corrected chi connectivity index (χ2v) is 2.75. The molecule has 0 heterocycles. The fraction of sp³-hybridized carbons (Fsp3) is 0.444. The van der Waals surface area contributed by atoms with Crippen LogP contribution in [0.1, 0.15) is 13.3 Å². The van der Waals surface area contributed by atoms with Crippen molar-refractivity contribution in [3.8, 4) is 0 Å². The number of hydrogen-bond donors (Lipinski definition) is 1. The van der Waals surface area contributed by atoms with Crippen molar-refractivity contribution in [1.82, 2.24) is 0 Å². The number of ether oxygens (including phenoxy) is 1. The lowest BCUT2D eigenvalue weighted by atomic mass is 9.93. The first-order valence-corrected chi connectivity index (χ1v) is 3.99. The van der Waals surface area contributed by atoms with Crippen molar-refractivity contribution in [3.63, 3.8) is 0 Å². The molecule has 0 aromatic carbocycles. The smallest absolute Gasteiger partial charge is 0.330 e. The Morgan fingerprint density at radius 3 is 2.92 bits per heavy atom. The van der Waals surface area contributed by atoms with Gasteiger partial charge in [0.2, 0.25) is 0 Å². The number of carbonyl (C=O) groups excluding carboxylic acids is 1. The van der Waals surface area contributed by atoms with Gasteiger partial charge >= 0.3 is 5.97 Å². The predicted octanol–water partition coefficient (Wildman–Crippen LogP) is 0.763. The summed E-state index contributed by atoms with van der Waals surface area (Å²) in [6, 6.07) is 0. The number of hydrogen-bond acceptors (Lipinski definition) is 3. The lowest BCUT2D eigenvalue weighted by Crippen LogP contribution is -2.47. The summed E-state index contributed by atoms with van der Waals surface area (Å²) < 4.78 is 4.84. The minimum absolute atomic E-state index is 0.356. The number of carbonyl (C=O) groups is 1. The highest BCUT2D eigenvalue weighted by atomic mass is 16.5. The van der Waals surface area contributed by atoms with E-state index >= 15 is 0 Å². The van der Waals surface area contributed by atoms with Gasteiger partial charge in [-0.25, -0.2) is 4.79 Å². The molecular weight excluding hydrogens is 154 g/mol. The fourth-order valence-electron chi connectivity index (χ4n) is 1.05. The average molecular weight is 167 g/mol. The second-order valence-electron chi connectivity index (χ2n) is 2.75. The molecule has 0 radical (unpaired) electrons. The van der Waals surface area contributed by atoms with Crippen LogP contribution >= 0.6 is 0 Å². The van der Waals surface area contributed by atoms with E-state index < -0.39 is 5.54 Å². The van der Waals surface area contributed by atoms with Crippen LogP contribution in [0.2, 0.25) is 0 Å². The molecule has 1 aliphatic rings. The molecule has 0 fully saturated rings. The van der Waals surface area contributed by atoms with Crippen LogP contribution in [0.25, 0.3) is 0 Å². The molecule has 2 N–H and O–H groups in total. The third-order valence-corrected chi connectivity index (χ3v) is 1.75. The molecule has 3 heteroatoms. The first-order valence-electron chi connectivity index (χ1n) is 3.99. The standard InChI is InChI=1S/C9H13NO2/c1-2-12-8(11)9(10)6-4-3-5-7-9/h3-6H,2,7,10H2,1H3. The van der Waals surface area contributed by atoms with Crippen LogP contribution in [-0.2, 0) is 9.53 Å². The zero-order valence-corrected chi connectivity index (χ0v) is 7.12. The van der Waals surface area contributed by atoms with E-state index in [1.807, 2.05) is 12.2 Å². The van der Waals surface area contributed by atoms with Crippen LogP contribution in [0, 0.1) is 0 Å². The van der Waals surface area contributed by atoms with Crippen LogP contribution in [0.4, 0.5) is 0 Å². The largest absolute Gasteiger partial charge is 0.464 e. The summed E-state index contributed by atoms with van der Waals surface area (Å²) in [5.74, 6) is -0.356. The Morgan fingerprint density at radius 1 is 1.67 bits per heavy atom. The zero-order chi connectivity index (χ0) is 9.03. The van der Waals surface area contributed by atoms with Gasteiger partial charge in [-0.05, 0) is 13.3 Å². The molecule has 1 aliphatic carbocycles. The van der Waals surface area contributed by atoms with Gasteiger partial charge in [0.1, 0.15) is 5.54 Å². The van der Waals surface area contributed by atoms with Gasteiger partial charge in [-0.2, -0.15) is 0 Å². The summed E-state index contributed by atoms with van der Waals surface area (Å²) in [6.07, 6.45) is 7.68. The van der Waals surface area contributed by atoms with Gasteiger partial charge in [0.15, 0.2) is 0 Å². The summed E-state index contributed by atoms with van der Waals surface area (Å²) in [6.45, 7) is 2.14. The molecule has 0 spiro atoms. The molecule has 0 amide bonds. The number of rotatable bonds is 2. The Hall–Kier alpha value is -1.09. The molecule has 1 atom stereocenters. The minimum Gasteiger partial charge on any atom is -0.464 e. The van der Waals surface area contributed by atoms with E-state index in [9.17, 15) is 4.79 Å². The third kappa shape index (κ3) is 1.74. The predicted molar refractivity (Wildman–Crippen MR) is 46.4 cm³/mol. The topological polar surface area (TPSA) is 52.3 Å². The van der Waals surface area contributed by atoms with Crippen molar-refractivity contribution in [2.45, 2.75) is 18.9 Å². The Labute approximate surface area is 71.9 Å². The van der Waals surface area contributed by atoms with Crippen molar-refractivity contribution in [3.05, 3.63) is 24.3 Å². The van der Waals surface area contributed by atoms with E-state index in [4.69, 9.17) is 10.5 Å². The molecule has 0 aromatic rings. The van der Waals surface area contributed by atoms with Crippen molar-refractivity contribution in [1.29, 1.82) is 0 Å². The van der Waals surface area contributed by atoms with E-state index in [0.717, 1.165) is 0 Å². The Bertz CT molecular complexity index is 233. The van der Waals surface area contributed by atoms with Crippen molar-refractivity contribution >= 4 is 5.97 Å². The van der Waals surface area contributed by atoms with Gasteiger partial charge in [0.25, 0.3) is 0 Å². The Morgan fingerprint density at radius 2 is 2.42 bits per heavy atom. The quantitative estimate of drug-likeness (QED) is 0.618. The average Bonchev–Trinajstić information content (AvgIpc) is 2.06. The highest BCUT2D eigenvalue weighted by molar-refractivity contribution is 5.83. The molecule has 0 aliphatic heterocycles. The van der Waals surface area contributed by atoms with Gasteiger partial charge in [0.05, 0.1) is 6.61 Å².